The fourth-order valence-corrected chi connectivity index (χ4v) is 4.23. The first-order valence-electron chi connectivity index (χ1n) is 11.1. The molecule has 3 aromatic carbocycles. The van der Waals surface area contributed by atoms with Crippen LogP contribution in [0.15, 0.2) is 71.8 Å². The first-order chi connectivity index (χ1) is 16.6. The minimum atomic E-state index is -4.58. The number of carboxylic acid groups (broad SMARTS) is 1. The van der Waals surface area contributed by atoms with Gasteiger partial charge in [0.15, 0.2) is 0 Å². The molecule has 0 aromatic heterocycles. The molecule has 0 spiro atoms. The van der Waals surface area contributed by atoms with E-state index in [4.69, 9.17) is 9.84 Å². The first-order valence-corrected chi connectivity index (χ1v) is 11.1. The van der Waals surface area contributed by atoms with E-state index in [1.54, 1.807) is 19.2 Å². The Balaban J connectivity index is 1.52. The molecule has 0 bridgehead atoms. The van der Waals surface area contributed by atoms with Crippen molar-refractivity contribution in [2.45, 2.75) is 38.4 Å². The van der Waals surface area contributed by atoms with E-state index in [0.29, 0.717) is 12.1 Å². The van der Waals surface area contributed by atoms with Crippen molar-refractivity contribution < 1.29 is 27.8 Å². The molecule has 8 heteroatoms. The van der Waals surface area contributed by atoms with Crippen molar-refractivity contribution in [2.75, 3.05) is 12.1 Å². The van der Waals surface area contributed by atoms with E-state index in [2.05, 4.69) is 23.3 Å². The summed E-state index contributed by atoms with van der Waals surface area (Å²) < 4.78 is 44.8. The summed E-state index contributed by atoms with van der Waals surface area (Å²) in [7, 11) is 1.64. The quantitative estimate of drug-likeness (QED) is 0.434. The van der Waals surface area contributed by atoms with Crippen molar-refractivity contribution in [1.82, 2.24) is 0 Å². The lowest BCUT2D eigenvalue weighted by atomic mass is 9.96. The number of hydrazone groups is 1. The predicted octanol–water partition coefficient (Wildman–Crippen LogP) is 6.23. The number of rotatable bonds is 7. The van der Waals surface area contributed by atoms with Gasteiger partial charge in [0, 0.05) is 6.42 Å². The molecule has 35 heavy (non-hydrogen) atoms. The summed E-state index contributed by atoms with van der Waals surface area (Å²) in [4.78, 5) is 11.2. The third-order valence-electron chi connectivity index (χ3n) is 6.08. The number of aliphatic carboxylic acids is 1. The van der Waals surface area contributed by atoms with Gasteiger partial charge < -0.3 is 9.84 Å². The Bertz CT molecular complexity index is 1250. The zero-order valence-corrected chi connectivity index (χ0v) is 19.3. The standard InChI is InChI=1S/C27H25F3N2O3/c1-17-12-21(20-4-3-5-24(14-20)35-2)9-8-19(17)13-18-6-10-22(11-7-18)32-23(16-26(33)34)15-25(31-32)27(28,29)30/h3-12,14,23H,13,15-16H2,1-2H3,(H,33,34). The molecule has 3 aromatic rings. The van der Waals surface area contributed by atoms with Gasteiger partial charge in [-0.3, -0.25) is 9.80 Å². The summed E-state index contributed by atoms with van der Waals surface area (Å²) in [6.45, 7) is 2.04. The van der Waals surface area contributed by atoms with Gasteiger partial charge in [-0.1, -0.05) is 42.5 Å². The fraction of sp³-hybridized carbons (Fsp3) is 0.259. The molecular weight excluding hydrogens is 457 g/mol. The van der Waals surface area contributed by atoms with Crippen LogP contribution in [0.3, 0.4) is 0 Å². The molecule has 1 aliphatic heterocycles. The summed E-state index contributed by atoms with van der Waals surface area (Å²) >= 11 is 0. The Morgan fingerprint density at radius 1 is 1.09 bits per heavy atom. The van der Waals surface area contributed by atoms with Gasteiger partial charge in [-0.15, -0.1) is 0 Å². The number of hydrogen-bond donors (Lipinski definition) is 1. The van der Waals surface area contributed by atoms with Crippen LogP contribution in [0.4, 0.5) is 18.9 Å². The number of carboxylic acids is 1. The van der Waals surface area contributed by atoms with Crippen molar-refractivity contribution in [3.8, 4) is 16.9 Å². The van der Waals surface area contributed by atoms with Crippen molar-refractivity contribution in [3.63, 3.8) is 0 Å². The number of hydrogen-bond acceptors (Lipinski definition) is 4. The van der Waals surface area contributed by atoms with Gasteiger partial charge in [0.2, 0.25) is 0 Å². The summed E-state index contributed by atoms with van der Waals surface area (Å²) in [5.41, 5.74) is 4.85. The highest BCUT2D eigenvalue weighted by Crippen LogP contribution is 2.33. The second kappa shape index (κ2) is 9.82. The zero-order valence-electron chi connectivity index (χ0n) is 19.3. The van der Waals surface area contributed by atoms with Gasteiger partial charge >= 0.3 is 12.1 Å². The van der Waals surface area contributed by atoms with Crippen molar-refractivity contribution in [3.05, 3.63) is 83.4 Å². The molecular formula is C27H25F3N2O3. The van der Waals surface area contributed by atoms with E-state index < -0.39 is 36.7 Å². The Morgan fingerprint density at radius 3 is 2.43 bits per heavy atom. The van der Waals surface area contributed by atoms with Crippen LogP contribution >= 0.6 is 0 Å². The fourth-order valence-electron chi connectivity index (χ4n) is 4.23. The third-order valence-corrected chi connectivity index (χ3v) is 6.08. The lowest BCUT2D eigenvalue weighted by Gasteiger charge is -2.22. The Kier molecular flexibility index (Phi) is 6.82. The summed E-state index contributed by atoms with van der Waals surface area (Å²) in [5, 5.41) is 14.0. The molecule has 1 unspecified atom stereocenters. The van der Waals surface area contributed by atoms with Crippen molar-refractivity contribution in [1.29, 1.82) is 0 Å². The maximum absolute atomic E-state index is 13.2. The molecule has 0 saturated heterocycles. The van der Waals surface area contributed by atoms with Crippen LogP contribution in [-0.4, -0.2) is 36.1 Å². The Morgan fingerprint density at radius 2 is 1.80 bits per heavy atom. The van der Waals surface area contributed by atoms with Crippen LogP contribution in [0, 0.1) is 6.92 Å². The van der Waals surface area contributed by atoms with Crippen LogP contribution in [0.1, 0.15) is 29.5 Å². The number of ether oxygens (including phenoxy) is 1. The second-order valence-corrected chi connectivity index (χ2v) is 8.56. The lowest BCUT2D eigenvalue weighted by Crippen LogP contribution is -2.29. The molecule has 0 radical (unpaired) electrons. The molecule has 1 heterocycles. The molecule has 1 atom stereocenters. The van der Waals surface area contributed by atoms with Gasteiger partial charge in [-0.25, -0.2) is 0 Å². The predicted molar refractivity (Wildman–Crippen MR) is 129 cm³/mol. The Labute approximate surface area is 201 Å². The maximum atomic E-state index is 13.2. The number of nitrogens with zero attached hydrogens (tertiary/aromatic N) is 2. The minimum Gasteiger partial charge on any atom is -0.497 e. The average Bonchev–Trinajstić information content (AvgIpc) is 3.24. The SMILES string of the molecule is COc1cccc(-c2ccc(Cc3ccc(N4N=C(C(F)(F)F)CC4CC(=O)O)cc3)c(C)c2)c1. The van der Waals surface area contributed by atoms with Crippen molar-refractivity contribution >= 4 is 17.4 Å². The molecule has 0 aliphatic carbocycles. The molecule has 0 saturated carbocycles. The minimum absolute atomic E-state index is 0.427. The summed E-state index contributed by atoms with van der Waals surface area (Å²) in [6, 6.07) is 20.3. The van der Waals surface area contributed by atoms with E-state index in [-0.39, 0.29) is 0 Å². The van der Waals surface area contributed by atoms with E-state index in [0.717, 1.165) is 33.6 Å². The highest BCUT2D eigenvalue weighted by molar-refractivity contribution is 5.94. The molecule has 5 nitrogen and oxygen atoms in total. The highest BCUT2D eigenvalue weighted by atomic mass is 19.4. The number of aryl methyl sites for hydroxylation is 1. The molecule has 0 amide bonds. The van der Waals surface area contributed by atoms with E-state index >= 15 is 0 Å². The van der Waals surface area contributed by atoms with Gasteiger partial charge in [0.25, 0.3) is 0 Å². The highest BCUT2D eigenvalue weighted by Gasteiger charge is 2.43. The Hall–Kier alpha value is -3.81. The van der Waals surface area contributed by atoms with E-state index in [1.807, 2.05) is 43.3 Å². The van der Waals surface area contributed by atoms with Gasteiger partial charge in [0.1, 0.15) is 11.5 Å². The summed E-state index contributed by atoms with van der Waals surface area (Å²) in [5.74, 6) is -0.372. The largest absolute Gasteiger partial charge is 0.497 e. The number of methoxy groups -OCH3 is 1. The molecule has 1 N–H and O–H groups in total. The third kappa shape index (κ3) is 5.65. The van der Waals surface area contributed by atoms with Gasteiger partial charge in [0.05, 0.1) is 25.3 Å². The first kappa shape index (κ1) is 24.3. The van der Waals surface area contributed by atoms with Crippen LogP contribution in [0.25, 0.3) is 11.1 Å². The second-order valence-electron chi connectivity index (χ2n) is 8.56. The molecule has 4 rings (SSSR count). The smallest absolute Gasteiger partial charge is 0.431 e. The lowest BCUT2D eigenvalue weighted by molar-refractivity contribution is -0.137. The molecule has 1 aliphatic rings. The maximum Gasteiger partial charge on any atom is 0.431 e. The molecule has 182 valence electrons. The monoisotopic (exact) mass is 482 g/mol. The van der Waals surface area contributed by atoms with Crippen molar-refractivity contribution in [2.24, 2.45) is 5.10 Å². The number of anilines is 1. The van der Waals surface area contributed by atoms with E-state index in [9.17, 15) is 18.0 Å². The van der Waals surface area contributed by atoms with Crippen LogP contribution < -0.4 is 9.75 Å². The van der Waals surface area contributed by atoms with Gasteiger partial charge in [-0.2, -0.15) is 18.3 Å². The average molecular weight is 483 g/mol. The normalized spacial score (nSPS) is 15.7. The topological polar surface area (TPSA) is 62.1 Å². The van der Waals surface area contributed by atoms with Crippen LogP contribution in [0.2, 0.25) is 0 Å². The number of carbonyl (C=O) groups is 1. The number of alkyl halides is 3. The van der Waals surface area contributed by atoms with E-state index in [1.165, 1.54) is 5.01 Å². The summed E-state index contributed by atoms with van der Waals surface area (Å²) in [6.07, 6.45) is -4.81. The number of benzene rings is 3. The van der Waals surface area contributed by atoms with Crippen LogP contribution in [-0.2, 0) is 11.2 Å². The van der Waals surface area contributed by atoms with Gasteiger partial charge in [-0.05, 0) is 65.4 Å². The number of halogens is 3. The van der Waals surface area contributed by atoms with Crippen LogP contribution in [0.5, 0.6) is 5.75 Å². The molecule has 0 fully saturated rings. The zero-order chi connectivity index (χ0) is 25.2.